The third-order valence-electron chi connectivity index (χ3n) is 2.71. The number of hydrogen-bond donors (Lipinski definition) is 2. The highest BCUT2D eigenvalue weighted by molar-refractivity contribution is 14.0. The van der Waals surface area contributed by atoms with Gasteiger partial charge in [-0.25, -0.2) is 4.98 Å². The maximum absolute atomic E-state index is 4.50. The molecular formula is C13H19IN4S2. The molecule has 2 rings (SSSR count). The van der Waals surface area contributed by atoms with Gasteiger partial charge >= 0.3 is 0 Å². The maximum Gasteiger partial charge on any atom is 0.191 e. The Morgan fingerprint density at radius 3 is 2.60 bits per heavy atom. The summed E-state index contributed by atoms with van der Waals surface area (Å²) in [6, 6.07) is 4.16. The van der Waals surface area contributed by atoms with Crippen LogP contribution in [-0.2, 0) is 13.1 Å². The van der Waals surface area contributed by atoms with Crippen molar-refractivity contribution in [1.29, 1.82) is 0 Å². The summed E-state index contributed by atoms with van der Waals surface area (Å²) in [5, 5.41) is 9.74. The summed E-state index contributed by atoms with van der Waals surface area (Å²) in [7, 11) is 1.78. The Labute approximate surface area is 144 Å². The molecule has 0 aliphatic rings. The molecule has 110 valence electrons. The van der Waals surface area contributed by atoms with Gasteiger partial charge in [-0.05, 0) is 25.3 Å². The van der Waals surface area contributed by atoms with Crippen LogP contribution in [0.2, 0.25) is 0 Å². The van der Waals surface area contributed by atoms with E-state index < -0.39 is 0 Å². The average Bonchev–Trinajstić information content (AvgIpc) is 3.01. The SMILES string of the molecule is CN=C(NCc1cccs1)NCc1nc(C)c(C)s1.I. The van der Waals surface area contributed by atoms with Crippen molar-refractivity contribution in [2.45, 2.75) is 26.9 Å². The van der Waals surface area contributed by atoms with E-state index in [-0.39, 0.29) is 24.0 Å². The van der Waals surface area contributed by atoms with Gasteiger partial charge in [-0.3, -0.25) is 4.99 Å². The normalized spacial score (nSPS) is 11.1. The molecule has 4 nitrogen and oxygen atoms in total. The molecule has 0 aliphatic carbocycles. The summed E-state index contributed by atoms with van der Waals surface area (Å²) >= 11 is 3.47. The van der Waals surface area contributed by atoms with Crippen molar-refractivity contribution >= 4 is 52.6 Å². The molecule has 0 bridgehead atoms. The van der Waals surface area contributed by atoms with Crippen molar-refractivity contribution in [3.63, 3.8) is 0 Å². The number of nitrogens with one attached hydrogen (secondary N) is 2. The van der Waals surface area contributed by atoms with Gasteiger partial charge in [0.05, 0.1) is 18.8 Å². The van der Waals surface area contributed by atoms with Crippen LogP contribution >= 0.6 is 46.7 Å². The fourth-order valence-corrected chi connectivity index (χ4v) is 3.10. The predicted molar refractivity (Wildman–Crippen MR) is 98.4 cm³/mol. The lowest BCUT2D eigenvalue weighted by atomic mass is 10.4. The zero-order valence-corrected chi connectivity index (χ0v) is 15.7. The summed E-state index contributed by atoms with van der Waals surface area (Å²) in [6.45, 7) is 5.65. The number of aromatic nitrogens is 1. The van der Waals surface area contributed by atoms with Crippen molar-refractivity contribution in [2.75, 3.05) is 7.05 Å². The first-order valence-electron chi connectivity index (χ1n) is 6.09. The molecule has 2 aromatic heterocycles. The largest absolute Gasteiger partial charge is 0.352 e. The number of nitrogens with zero attached hydrogens (tertiary/aromatic N) is 2. The number of thiophene rings is 1. The number of rotatable bonds is 4. The highest BCUT2D eigenvalue weighted by Gasteiger charge is 2.04. The Balaban J connectivity index is 0.00000200. The van der Waals surface area contributed by atoms with Gasteiger partial charge in [0.25, 0.3) is 0 Å². The predicted octanol–water partition coefficient (Wildman–Crippen LogP) is 3.30. The number of aliphatic imine (C=N–C) groups is 1. The summed E-state index contributed by atoms with van der Waals surface area (Å²) in [5.74, 6) is 0.805. The van der Waals surface area contributed by atoms with Crippen LogP contribution in [0.25, 0.3) is 0 Å². The highest BCUT2D eigenvalue weighted by Crippen LogP contribution is 2.15. The summed E-state index contributed by atoms with van der Waals surface area (Å²) in [4.78, 5) is 11.3. The Bertz CT molecular complexity index is 529. The van der Waals surface area contributed by atoms with E-state index in [0.29, 0.717) is 6.54 Å². The summed E-state index contributed by atoms with van der Waals surface area (Å²) in [6.07, 6.45) is 0. The fraction of sp³-hybridized carbons (Fsp3) is 0.385. The second-order valence-electron chi connectivity index (χ2n) is 4.11. The maximum atomic E-state index is 4.50. The van der Waals surface area contributed by atoms with Crippen molar-refractivity contribution < 1.29 is 0 Å². The minimum Gasteiger partial charge on any atom is -0.352 e. The number of thiazole rings is 1. The van der Waals surface area contributed by atoms with Crippen molar-refractivity contribution in [2.24, 2.45) is 4.99 Å². The first-order valence-corrected chi connectivity index (χ1v) is 7.78. The van der Waals surface area contributed by atoms with E-state index in [2.05, 4.69) is 45.0 Å². The number of aryl methyl sites for hydroxylation is 2. The van der Waals surface area contributed by atoms with Crippen LogP contribution in [0.3, 0.4) is 0 Å². The number of hydrogen-bond acceptors (Lipinski definition) is 4. The van der Waals surface area contributed by atoms with Crippen LogP contribution in [0.1, 0.15) is 20.5 Å². The Hall–Kier alpha value is -0.670. The van der Waals surface area contributed by atoms with E-state index in [1.54, 1.807) is 29.7 Å². The lowest BCUT2D eigenvalue weighted by Gasteiger charge is -2.09. The average molecular weight is 422 g/mol. The molecule has 0 unspecified atom stereocenters. The first kappa shape index (κ1) is 17.4. The van der Waals surface area contributed by atoms with Crippen LogP contribution in [0.5, 0.6) is 0 Å². The van der Waals surface area contributed by atoms with Gasteiger partial charge < -0.3 is 10.6 Å². The van der Waals surface area contributed by atoms with Crippen LogP contribution in [0, 0.1) is 13.8 Å². The first-order chi connectivity index (χ1) is 9.19. The molecule has 0 radical (unpaired) electrons. The van der Waals surface area contributed by atoms with Crippen LogP contribution < -0.4 is 10.6 Å². The van der Waals surface area contributed by atoms with Crippen molar-refractivity contribution in [1.82, 2.24) is 15.6 Å². The lowest BCUT2D eigenvalue weighted by Crippen LogP contribution is -2.36. The Morgan fingerprint density at radius 1 is 1.30 bits per heavy atom. The second kappa shape index (κ2) is 8.58. The second-order valence-corrected chi connectivity index (χ2v) is 6.43. The van der Waals surface area contributed by atoms with E-state index in [1.165, 1.54) is 9.75 Å². The lowest BCUT2D eigenvalue weighted by molar-refractivity contribution is 0.809. The molecule has 0 saturated heterocycles. The van der Waals surface area contributed by atoms with Crippen LogP contribution in [0.4, 0.5) is 0 Å². The highest BCUT2D eigenvalue weighted by atomic mass is 127. The number of guanidine groups is 1. The zero-order valence-electron chi connectivity index (χ0n) is 11.8. The molecule has 2 N–H and O–H groups in total. The minimum atomic E-state index is 0. The van der Waals surface area contributed by atoms with Gasteiger partial charge in [-0.15, -0.1) is 46.7 Å². The molecule has 0 fully saturated rings. The third-order valence-corrected chi connectivity index (χ3v) is 4.66. The van der Waals surface area contributed by atoms with Gasteiger partial charge in [0.15, 0.2) is 5.96 Å². The molecule has 20 heavy (non-hydrogen) atoms. The monoisotopic (exact) mass is 422 g/mol. The summed E-state index contributed by atoms with van der Waals surface area (Å²) in [5.41, 5.74) is 1.11. The van der Waals surface area contributed by atoms with Gasteiger partial charge in [-0.2, -0.15) is 0 Å². The standard InChI is InChI=1S/C13H18N4S2.HI/c1-9-10(2)19-12(17-9)8-16-13(14-3)15-7-11-5-4-6-18-11;/h4-6H,7-8H2,1-3H3,(H2,14,15,16);1H. The summed E-state index contributed by atoms with van der Waals surface area (Å²) < 4.78 is 0. The topological polar surface area (TPSA) is 49.3 Å². The minimum absolute atomic E-state index is 0. The Kier molecular flexibility index (Phi) is 7.46. The van der Waals surface area contributed by atoms with E-state index >= 15 is 0 Å². The zero-order chi connectivity index (χ0) is 13.7. The van der Waals surface area contributed by atoms with Gasteiger partial charge in [0, 0.05) is 16.8 Å². The molecule has 2 aromatic rings. The molecule has 0 spiro atoms. The van der Waals surface area contributed by atoms with Gasteiger partial charge in [-0.1, -0.05) is 6.07 Å². The third kappa shape index (κ3) is 5.02. The molecule has 2 heterocycles. The van der Waals surface area contributed by atoms with Crippen LogP contribution in [-0.4, -0.2) is 18.0 Å². The van der Waals surface area contributed by atoms with Crippen molar-refractivity contribution in [3.8, 4) is 0 Å². The quantitative estimate of drug-likeness (QED) is 0.452. The molecule has 0 atom stereocenters. The van der Waals surface area contributed by atoms with Gasteiger partial charge in [0.1, 0.15) is 5.01 Å². The molecule has 7 heteroatoms. The molecule has 0 aliphatic heterocycles. The van der Waals surface area contributed by atoms with Crippen LogP contribution in [0.15, 0.2) is 22.5 Å². The van der Waals surface area contributed by atoms with Gasteiger partial charge in [0.2, 0.25) is 0 Å². The smallest absolute Gasteiger partial charge is 0.191 e. The van der Waals surface area contributed by atoms with E-state index in [1.807, 2.05) is 6.92 Å². The molecule has 0 aromatic carbocycles. The Morgan fingerprint density at radius 2 is 2.05 bits per heavy atom. The van der Waals surface area contributed by atoms with Crippen molar-refractivity contribution in [3.05, 3.63) is 38.0 Å². The molecular weight excluding hydrogens is 403 g/mol. The van der Waals surface area contributed by atoms with E-state index in [0.717, 1.165) is 23.2 Å². The van der Waals surface area contributed by atoms with E-state index in [4.69, 9.17) is 0 Å². The fourth-order valence-electron chi connectivity index (χ4n) is 1.58. The number of halogens is 1. The molecule has 0 saturated carbocycles. The molecule has 0 amide bonds. The van der Waals surface area contributed by atoms with E-state index in [9.17, 15) is 0 Å².